The van der Waals surface area contributed by atoms with Crippen LogP contribution in [-0.2, 0) is 0 Å². The van der Waals surface area contributed by atoms with E-state index >= 15 is 0 Å². The van der Waals surface area contributed by atoms with Crippen LogP contribution in [0.2, 0.25) is 0 Å². The van der Waals surface area contributed by atoms with E-state index in [1.807, 2.05) is 0 Å². The van der Waals surface area contributed by atoms with E-state index in [4.69, 9.17) is 23.2 Å². The number of halogens is 2. The first-order valence-electron chi connectivity index (χ1n) is 1.48. The van der Waals surface area contributed by atoms with E-state index in [0.717, 1.165) is 0 Å². The first kappa shape index (κ1) is 6.67. The molecular weight excluding hydrogens is 139 g/mol. The maximum atomic E-state index is 5.34. The standard InChI is InChI=1S/C3H4Cl2S/c1-2(4)3(5)6/h2H,1H3. The summed E-state index contributed by atoms with van der Waals surface area (Å²) >= 11 is 15.0. The lowest BCUT2D eigenvalue weighted by atomic mass is 10.6. The van der Waals surface area contributed by atoms with Gasteiger partial charge in [0.25, 0.3) is 0 Å². The fourth-order valence-electron chi connectivity index (χ4n) is 0. The Morgan fingerprint density at radius 2 is 2.00 bits per heavy atom. The Hall–Kier alpha value is 0.670. The molecule has 1 atom stereocenters. The molecule has 3 heteroatoms. The zero-order valence-electron chi connectivity index (χ0n) is 3.24. The average molecular weight is 143 g/mol. The normalized spacial score (nSPS) is 13.8. The second-order valence-corrected chi connectivity index (χ2v) is 2.65. The number of hydrogen-bond donors (Lipinski definition) is 0. The Kier molecular flexibility index (Phi) is 3.09. The van der Waals surface area contributed by atoms with Gasteiger partial charge in [0.15, 0.2) is 0 Å². The quantitative estimate of drug-likeness (QED) is 0.308. The van der Waals surface area contributed by atoms with Crippen LogP contribution in [0.5, 0.6) is 0 Å². The smallest absolute Gasteiger partial charge is 0.0984 e. The van der Waals surface area contributed by atoms with Crippen LogP contribution in [0.3, 0.4) is 0 Å². The predicted molar refractivity (Wildman–Crippen MR) is 33.8 cm³/mol. The van der Waals surface area contributed by atoms with Crippen LogP contribution in [-0.4, -0.2) is 9.70 Å². The minimum Gasteiger partial charge on any atom is -0.116 e. The zero-order chi connectivity index (χ0) is 5.15. The van der Waals surface area contributed by atoms with E-state index in [2.05, 4.69) is 12.2 Å². The van der Waals surface area contributed by atoms with Crippen molar-refractivity contribution in [3.63, 3.8) is 0 Å². The summed E-state index contributed by atoms with van der Waals surface area (Å²) in [4.78, 5) is 0. The topological polar surface area (TPSA) is 0 Å². The zero-order valence-corrected chi connectivity index (χ0v) is 5.57. The Balaban J connectivity index is 3.26. The van der Waals surface area contributed by atoms with Crippen molar-refractivity contribution >= 4 is 39.7 Å². The molecule has 1 unspecified atom stereocenters. The first-order valence-corrected chi connectivity index (χ1v) is 2.70. The third-order valence-corrected chi connectivity index (χ3v) is 1.45. The molecule has 0 saturated carbocycles. The van der Waals surface area contributed by atoms with Crippen LogP contribution in [0.1, 0.15) is 6.92 Å². The van der Waals surface area contributed by atoms with Crippen molar-refractivity contribution in [2.45, 2.75) is 12.3 Å². The molecule has 0 N–H and O–H groups in total. The second-order valence-electron chi connectivity index (χ2n) is 0.920. The summed E-state index contributed by atoms with van der Waals surface area (Å²) in [6.07, 6.45) is 0. The summed E-state index contributed by atoms with van der Waals surface area (Å²) in [6, 6.07) is 0. The summed E-state index contributed by atoms with van der Waals surface area (Å²) in [5.74, 6) is 0. The van der Waals surface area contributed by atoms with Gasteiger partial charge in [-0.15, -0.1) is 11.6 Å². The van der Waals surface area contributed by atoms with E-state index in [1.54, 1.807) is 6.92 Å². The van der Waals surface area contributed by atoms with Gasteiger partial charge in [-0.3, -0.25) is 0 Å². The van der Waals surface area contributed by atoms with Crippen molar-refractivity contribution in [3.8, 4) is 0 Å². The molecule has 0 aromatic heterocycles. The molecule has 6 heavy (non-hydrogen) atoms. The molecule has 0 heterocycles. The third kappa shape index (κ3) is 2.88. The molecule has 0 aliphatic rings. The SMILES string of the molecule is CC(Cl)C(=S)Cl. The lowest BCUT2D eigenvalue weighted by Crippen LogP contribution is -1.96. The van der Waals surface area contributed by atoms with Gasteiger partial charge in [-0.1, -0.05) is 23.8 Å². The highest BCUT2D eigenvalue weighted by Gasteiger charge is 1.96. The number of thiocarbonyl (C=S) groups is 1. The van der Waals surface area contributed by atoms with Gasteiger partial charge in [-0.2, -0.15) is 0 Å². The van der Waals surface area contributed by atoms with Gasteiger partial charge in [-0.25, -0.2) is 0 Å². The fraction of sp³-hybridized carbons (Fsp3) is 0.667. The summed E-state index contributed by atoms with van der Waals surface area (Å²) in [6.45, 7) is 1.73. The van der Waals surface area contributed by atoms with Gasteiger partial charge >= 0.3 is 0 Å². The molecule has 0 spiro atoms. The summed E-state index contributed by atoms with van der Waals surface area (Å²) in [7, 11) is 0. The van der Waals surface area contributed by atoms with Crippen LogP contribution in [0, 0.1) is 0 Å². The minimum atomic E-state index is -0.179. The van der Waals surface area contributed by atoms with Gasteiger partial charge < -0.3 is 0 Å². The second kappa shape index (κ2) is 2.78. The summed E-state index contributed by atoms with van der Waals surface area (Å²) in [5, 5.41) is -0.179. The number of rotatable bonds is 1. The van der Waals surface area contributed by atoms with Crippen LogP contribution < -0.4 is 0 Å². The molecule has 0 bridgehead atoms. The van der Waals surface area contributed by atoms with E-state index in [0.29, 0.717) is 4.32 Å². The fourth-order valence-corrected chi connectivity index (χ4v) is 0. The molecule has 36 valence electrons. The van der Waals surface area contributed by atoms with Crippen LogP contribution in [0.15, 0.2) is 0 Å². The molecule has 0 saturated heterocycles. The van der Waals surface area contributed by atoms with Crippen molar-refractivity contribution in [2.24, 2.45) is 0 Å². The lowest BCUT2D eigenvalue weighted by Gasteiger charge is -1.89. The lowest BCUT2D eigenvalue weighted by molar-refractivity contribution is 1.35. The maximum absolute atomic E-state index is 5.34. The van der Waals surface area contributed by atoms with Crippen LogP contribution in [0.4, 0.5) is 0 Å². The molecule has 0 aliphatic carbocycles. The van der Waals surface area contributed by atoms with Gasteiger partial charge in [0.2, 0.25) is 0 Å². The Bertz CT molecular complexity index is 59.8. The molecule has 0 aliphatic heterocycles. The van der Waals surface area contributed by atoms with Gasteiger partial charge in [-0.05, 0) is 6.92 Å². The van der Waals surface area contributed by atoms with E-state index in [-0.39, 0.29) is 5.38 Å². The maximum Gasteiger partial charge on any atom is 0.0984 e. The van der Waals surface area contributed by atoms with Gasteiger partial charge in [0.1, 0.15) is 0 Å². The molecule has 0 radical (unpaired) electrons. The Morgan fingerprint density at radius 3 is 2.00 bits per heavy atom. The van der Waals surface area contributed by atoms with E-state index in [9.17, 15) is 0 Å². The molecule has 0 aromatic carbocycles. The minimum absolute atomic E-state index is 0.179. The van der Waals surface area contributed by atoms with Crippen molar-refractivity contribution in [3.05, 3.63) is 0 Å². The van der Waals surface area contributed by atoms with Crippen molar-refractivity contribution in [2.75, 3.05) is 0 Å². The van der Waals surface area contributed by atoms with Crippen molar-refractivity contribution < 1.29 is 0 Å². The van der Waals surface area contributed by atoms with Gasteiger partial charge in [0, 0.05) is 0 Å². The van der Waals surface area contributed by atoms with Crippen molar-refractivity contribution in [1.82, 2.24) is 0 Å². The monoisotopic (exact) mass is 142 g/mol. The first-order chi connectivity index (χ1) is 2.64. The number of alkyl halides is 1. The largest absolute Gasteiger partial charge is 0.116 e. The van der Waals surface area contributed by atoms with E-state index < -0.39 is 0 Å². The van der Waals surface area contributed by atoms with Crippen LogP contribution in [0.25, 0.3) is 0 Å². The Labute approximate surface area is 52.4 Å². The molecule has 0 fully saturated rings. The third-order valence-electron chi connectivity index (χ3n) is 0.313. The highest BCUT2D eigenvalue weighted by molar-refractivity contribution is 7.83. The molecule has 0 aromatic rings. The highest BCUT2D eigenvalue weighted by Crippen LogP contribution is 1.99. The van der Waals surface area contributed by atoms with E-state index in [1.165, 1.54) is 0 Å². The summed E-state index contributed by atoms with van der Waals surface area (Å²) < 4.78 is 0.330. The van der Waals surface area contributed by atoms with Crippen LogP contribution >= 0.6 is 35.4 Å². The predicted octanol–water partition coefficient (Wildman–Crippen LogP) is 2.18. The molecule has 0 rings (SSSR count). The summed E-state index contributed by atoms with van der Waals surface area (Å²) in [5.41, 5.74) is 0. The molecular formula is C3H4Cl2S. The van der Waals surface area contributed by atoms with Gasteiger partial charge in [0.05, 0.1) is 9.70 Å². The number of hydrogen-bond acceptors (Lipinski definition) is 1. The highest BCUT2D eigenvalue weighted by atomic mass is 35.5. The molecule has 0 nitrogen and oxygen atoms in total. The Morgan fingerprint density at radius 1 is 1.83 bits per heavy atom. The molecule has 0 amide bonds. The van der Waals surface area contributed by atoms with Crippen molar-refractivity contribution in [1.29, 1.82) is 0 Å². The average Bonchev–Trinajstić information content (AvgIpc) is 1.36.